The molecule has 0 saturated carbocycles. The van der Waals surface area contributed by atoms with Crippen LogP contribution in [0.25, 0.3) is 0 Å². The Bertz CT molecular complexity index is 1480. The second-order valence-electron chi connectivity index (χ2n) is 12.4. The van der Waals surface area contributed by atoms with E-state index in [9.17, 15) is 9.90 Å². The molecule has 0 saturated heterocycles. The summed E-state index contributed by atoms with van der Waals surface area (Å²) in [6, 6.07) is 22.3. The first-order chi connectivity index (χ1) is 18.6. The lowest BCUT2D eigenvalue weighted by molar-refractivity contribution is 0.205. The average molecular weight is 559 g/mol. The summed E-state index contributed by atoms with van der Waals surface area (Å²) in [7, 11) is -4.74. The molecule has 1 aliphatic heterocycles. The fourth-order valence-electron chi connectivity index (χ4n) is 5.42. The lowest BCUT2D eigenvalue weighted by Gasteiger charge is -2.40. The highest BCUT2D eigenvalue weighted by atomic mass is 32.2. The number of rotatable bonds is 6. The summed E-state index contributed by atoms with van der Waals surface area (Å²) >= 11 is 0. The standard InChI is InChI=1S/C33H38N2O4S/c1-23-21-26(31(2,3)4)29(27(22-23)32(5,6)7)35(30(36)37)40(38,39)33(19-14-20-34-33)28(24-15-10-8-11-16-24)25-17-12-9-13-18-25/h8-22,28H,1-7H3,(H,36,37). The molecule has 0 aliphatic carbocycles. The topological polar surface area (TPSA) is 87.0 Å². The Balaban J connectivity index is 2.12. The number of sulfonamides is 1. The van der Waals surface area contributed by atoms with Gasteiger partial charge in [0.1, 0.15) is 0 Å². The molecule has 4 rings (SSSR count). The number of carbonyl (C=O) groups is 1. The van der Waals surface area contributed by atoms with E-state index < -0.39 is 37.7 Å². The lowest BCUT2D eigenvalue weighted by atomic mass is 9.77. The van der Waals surface area contributed by atoms with E-state index in [4.69, 9.17) is 0 Å². The van der Waals surface area contributed by atoms with E-state index in [0.29, 0.717) is 26.6 Å². The van der Waals surface area contributed by atoms with Crippen LogP contribution in [0.1, 0.15) is 75.3 Å². The van der Waals surface area contributed by atoms with Crippen LogP contribution in [0.2, 0.25) is 0 Å². The molecule has 6 nitrogen and oxygen atoms in total. The summed E-state index contributed by atoms with van der Waals surface area (Å²) in [6.07, 6.45) is 2.97. The molecule has 40 heavy (non-hydrogen) atoms. The van der Waals surface area contributed by atoms with Crippen molar-refractivity contribution in [1.29, 1.82) is 0 Å². The van der Waals surface area contributed by atoms with Crippen LogP contribution in [-0.4, -0.2) is 30.7 Å². The molecule has 1 unspecified atom stereocenters. The van der Waals surface area contributed by atoms with Crippen molar-refractivity contribution in [2.75, 3.05) is 4.31 Å². The van der Waals surface area contributed by atoms with Crippen molar-refractivity contribution in [3.05, 3.63) is 113 Å². The highest BCUT2D eigenvalue weighted by Crippen LogP contribution is 2.49. The number of carboxylic acid groups (broad SMARTS) is 1. The first-order valence-electron chi connectivity index (χ1n) is 13.4. The van der Waals surface area contributed by atoms with Gasteiger partial charge in [-0.15, -0.1) is 0 Å². The van der Waals surface area contributed by atoms with Gasteiger partial charge in [-0.05, 0) is 52.2 Å². The number of allylic oxidation sites excluding steroid dienone is 1. The van der Waals surface area contributed by atoms with Crippen molar-refractivity contribution >= 4 is 28.0 Å². The summed E-state index contributed by atoms with van der Waals surface area (Å²) in [5, 5.41) is 10.8. The quantitative estimate of drug-likeness (QED) is 0.338. The summed E-state index contributed by atoms with van der Waals surface area (Å²) in [6.45, 7) is 13.7. The summed E-state index contributed by atoms with van der Waals surface area (Å²) < 4.78 is 30.8. The molecular weight excluding hydrogens is 520 g/mol. The first-order valence-corrected chi connectivity index (χ1v) is 14.8. The number of anilines is 1. The van der Waals surface area contributed by atoms with Crippen LogP contribution in [0, 0.1) is 6.92 Å². The molecular formula is C33H38N2O4S. The van der Waals surface area contributed by atoms with Crippen LogP contribution >= 0.6 is 0 Å². The molecule has 0 bridgehead atoms. The molecule has 3 aromatic carbocycles. The first kappa shape index (κ1) is 29.3. The maximum Gasteiger partial charge on any atom is 0.425 e. The lowest BCUT2D eigenvalue weighted by Crippen LogP contribution is -2.52. The van der Waals surface area contributed by atoms with Crippen LogP contribution in [-0.2, 0) is 20.9 Å². The van der Waals surface area contributed by atoms with Crippen molar-refractivity contribution in [3.8, 4) is 0 Å². The molecule has 0 radical (unpaired) electrons. The number of aryl methyl sites for hydroxylation is 1. The third kappa shape index (κ3) is 5.10. The number of hydrogen-bond donors (Lipinski definition) is 1. The number of nitrogens with zero attached hydrogens (tertiary/aromatic N) is 2. The van der Waals surface area contributed by atoms with E-state index in [0.717, 1.165) is 5.56 Å². The zero-order chi connectivity index (χ0) is 29.5. The fourth-order valence-corrected chi connectivity index (χ4v) is 7.37. The minimum absolute atomic E-state index is 0.174. The van der Waals surface area contributed by atoms with E-state index in [1.807, 2.05) is 121 Å². The van der Waals surface area contributed by atoms with Crippen LogP contribution < -0.4 is 4.31 Å². The molecule has 7 heteroatoms. The van der Waals surface area contributed by atoms with Gasteiger partial charge in [0.05, 0.1) is 11.6 Å². The van der Waals surface area contributed by atoms with Crippen molar-refractivity contribution < 1.29 is 18.3 Å². The molecule has 1 atom stereocenters. The SMILES string of the molecule is Cc1cc(C(C)(C)C)c(N(C(=O)O)S(=O)(=O)C2(C(c3ccccc3)c3ccccc3)C=CC=N2)c(C(C)(C)C)c1. The van der Waals surface area contributed by atoms with Gasteiger partial charge in [-0.3, -0.25) is 4.99 Å². The predicted octanol–water partition coefficient (Wildman–Crippen LogP) is 7.57. The molecule has 1 heterocycles. The predicted molar refractivity (Wildman–Crippen MR) is 163 cm³/mol. The number of amides is 1. The van der Waals surface area contributed by atoms with Gasteiger partial charge in [-0.25, -0.2) is 13.2 Å². The van der Waals surface area contributed by atoms with Crippen molar-refractivity contribution in [2.45, 2.75) is 70.1 Å². The van der Waals surface area contributed by atoms with Crippen LogP contribution in [0.15, 0.2) is 89.9 Å². The largest absolute Gasteiger partial charge is 0.464 e. The molecule has 1 amide bonds. The highest BCUT2D eigenvalue weighted by molar-refractivity contribution is 7.95. The van der Waals surface area contributed by atoms with E-state index in [2.05, 4.69) is 4.99 Å². The van der Waals surface area contributed by atoms with E-state index in [1.165, 1.54) is 12.3 Å². The molecule has 0 fully saturated rings. The summed E-state index contributed by atoms with van der Waals surface area (Å²) in [5.41, 5.74) is 2.70. The van der Waals surface area contributed by atoms with Gasteiger partial charge >= 0.3 is 6.09 Å². The molecule has 1 N–H and O–H groups in total. The van der Waals surface area contributed by atoms with Crippen molar-refractivity contribution in [3.63, 3.8) is 0 Å². The molecule has 210 valence electrons. The smallest absolute Gasteiger partial charge is 0.425 e. The van der Waals surface area contributed by atoms with E-state index >= 15 is 8.42 Å². The zero-order valence-corrected chi connectivity index (χ0v) is 25.0. The number of aliphatic imine (C=N–C) groups is 1. The van der Waals surface area contributed by atoms with Crippen molar-refractivity contribution in [1.82, 2.24) is 0 Å². The third-order valence-corrected chi connectivity index (χ3v) is 9.40. The normalized spacial score (nSPS) is 17.4. The minimum Gasteiger partial charge on any atom is -0.464 e. The Morgan fingerprint density at radius 1 is 0.850 bits per heavy atom. The highest BCUT2D eigenvalue weighted by Gasteiger charge is 2.56. The van der Waals surface area contributed by atoms with Crippen molar-refractivity contribution in [2.24, 2.45) is 4.99 Å². The summed E-state index contributed by atoms with van der Waals surface area (Å²) in [5.74, 6) is -0.807. The third-order valence-electron chi connectivity index (χ3n) is 7.28. The zero-order valence-electron chi connectivity index (χ0n) is 24.2. The van der Waals surface area contributed by atoms with Gasteiger partial charge in [-0.2, -0.15) is 4.31 Å². The molecule has 0 spiro atoms. The monoisotopic (exact) mass is 558 g/mol. The number of benzene rings is 3. The van der Waals surface area contributed by atoms with E-state index in [-0.39, 0.29) is 5.69 Å². The van der Waals surface area contributed by atoms with Crippen LogP contribution in [0.4, 0.5) is 10.5 Å². The maximum atomic E-state index is 15.1. The Kier molecular flexibility index (Phi) is 7.58. The second kappa shape index (κ2) is 10.4. The van der Waals surface area contributed by atoms with Gasteiger partial charge in [0.2, 0.25) is 4.87 Å². The minimum atomic E-state index is -4.74. The molecule has 1 aliphatic rings. The number of hydrogen-bond acceptors (Lipinski definition) is 4. The fraction of sp³-hybridized carbons (Fsp3) is 0.333. The Labute approximate surface area is 238 Å². The van der Waals surface area contributed by atoms with Gasteiger partial charge in [0.15, 0.2) is 0 Å². The average Bonchev–Trinajstić information content (AvgIpc) is 3.36. The molecule has 0 aromatic heterocycles. The van der Waals surface area contributed by atoms with Crippen LogP contribution in [0.3, 0.4) is 0 Å². The van der Waals surface area contributed by atoms with E-state index in [1.54, 1.807) is 6.08 Å². The maximum absolute atomic E-state index is 15.1. The van der Waals surface area contributed by atoms with Gasteiger partial charge < -0.3 is 5.11 Å². The Morgan fingerprint density at radius 2 is 1.30 bits per heavy atom. The summed E-state index contributed by atoms with van der Waals surface area (Å²) in [4.78, 5) is 15.9. The Morgan fingerprint density at radius 3 is 1.65 bits per heavy atom. The van der Waals surface area contributed by atoms with Gasteiger partial charge in [-0.1, -0.05) is 120 Å². The van der Waals surface area contributed by atoms with Crippen LogP contribution in [0.5, 0.6) is 0 Å². The van der Waals surface area contributed by atoms with Gasteiger partial charge in [0, 0.05) is 6.21 Å². The Hall–Kier alpha value is -3.71. The second-order valence-corrected chi connectivity index (χ2v) is 14.4. The van der Waals surface area contributed by atoms with Gasteiger partial charge in [0.25, 0.3) is 10.0 Å². The molecule has 3 aromatic rings.